The van der Waals surface area contributed by atoms with Crippen LogP contribution in [0.4, 0.5) is 0 Å². The number of halogens is 2. The molecule has 0 N–H and O–H groups in total. The van der Waals surface area contributed by atoms with E-state index >= 15 is 0 Å². The normalized spacial score (nSPS) is 9.38. The molecule has 0 aliphatic heterocycles. The molecule has 0 unspecified atom stereocenters. The number of benzene rings is 2. The third-order valence-electron chi connectivity index (χ3n) is 2.04. The van der Waals surface area contributed by atoms with Crippen molar-refractivity contribution in [2.75, 3.05) is 0 Å². The van der Waals surface area contributed by atoms with Gasteiger partial charge in [-0.2, -0.15) is 0 Å². The summed E-state index contributed by atoms with van der Waals surface area (Å²) in [5, 5.41) is 0.731. The summed E-state index contributed by atoms with van der Waals surface area (Å²) in [5.74, 6) is 6.18. The van der Waals surface area contributed by atoms with Gasteiger partial charge in [-0.1, -0.05) is 39.4 Å². The highest BCUT2D eigenvalue weighted by atomic mass is 79.9. The molecule has 0 atom stereocenters. The van der Waals surface area contributed by atoms with Crippen LogP contribution in [0.25, 0.3) is 0 Å². The zero-order valence-corrected chi connectivity index (χ0v) is 10.7. The average Bonchev–Trinajstić information content (AvgIpc) is 2.30. The van der Waals surface area contributed by atoms with Crippen LogP contribution in [0.1, 0.15) is 11.1 Å². The van der Waals surface area contributed by atoms with Gasteiger partial charge in [0.1, 0.15) is 0 Å². The van der Waals surface area contributed by atoms with Crippen molar-refractivity contribution in [1.29, 1.82) is 0 Å². The molecule has 0 heterocycles. The van der Waals surface area contributed by atoms with Gasteiger partial charge >= 0.3 is 0 Å². The lowest BCUT2D eigenvalue weighted by molar-refractivity contribution is 1.59. The highest BCUT2D eigenvalue weighted by Crippen LogP contribution is 2.11. The minimum atomic E-state index is 0.731. The fourth-order valence-electron chi connectivity index (χ4n) is 1.21. The van der Waals surface area contributed by atoms with Crippen LogP contribution in [-0.4, -0.2) is 0 Å². The molecule has 0 aromatic heterocycles. The average molecular weight is 292 g/mol. The predicted molar refractivity (Wildman–Crippen MR) is 71.6 cm³/mol. The lowest BCUT2D eigenvalue weighted by Crippen LogP contribution is -1.75. The molecule has 0 bridgehead atoms. The van der Waals surface area contributed by atoms with Gasteiger partial charge in [0.05, 0.1) is 0 Å². The number of hydrogen-bond acceptors (Lipinski definition) is 0. The Morgan fingerprint density at radius 3 is 1.69 bits per heavy atom. The van der Waals surface area contributed by atoms with Gasteiger partial charge < -0.3 is 0 Å². The van der Waals surface area contributed by atoms with Crippen molar-refractivity contribution in [1.82, 2.24) is 0 Å². The third-order valence-corrected chi connectivity index (χ3v) is 2.82. The van der Waals surface area contributed by atoms with Gasteiger partial charge in [0.15, 0.2) is 0 Å². The van der Waals surface area contributed by atoms with Crippen LogP contribution >= 0.6 is 27.5 Å². The van der Waals surface area contributed by atoms with Gasteiger partial charge in [-0.3, -0.25) is 0 Å². The number of hydrogen-bond donors (Lipinski definition) is 0. The molecule has 16 heavy (non-hydrogen) atoms. The molecule has 2 rings (SSSR count). The predicted octanol–water partition coefficient (Wildman–Crippen LogP) is 4.50. The zero-order chi connectivity index (χ0) is 11.4. The highest BCUT2D eigenvalue weighted by Gasteiger charge is 1.89. The Hall–Kier alpha value is -1.23. The second-order valence-electron chi connectivity index (χ2n) is 3.26. The minimum Gasteiger partial charge on any atom is -0.0843 e. The second kappa shape index (κ2) is 5.21. The quantitative estimate of drug-likeness (QED) is 0.627. The van der Waals surface area contributed by atoms with Gasteiger partial charge in [0.2, 0.25) is 0 Å². The van der Waals surface area contributed by atoms with Crippen LogP contribution in [0.5, 0.6) is 0 Å². The lowest BCUT2D eigenvalue weighted by atomic mass is 10.2. The highest BCUT2D eigenvalue weighted by molar-refractivity contribution is 9.10. The van der Waals surface area contributed by atoms with Crippen LogP contribution in [0.15, 0.2) is 53.0 Å². The summed E-state index contributed by atoms with van der Waals surface area (Å²) in [4.78, 5) is 0. The fraction of sp³-hybridized carbons (Fsp3) is 0. The van der Waals surface area contributed by atoms with Crippen LogP contribution in [0.2, 0.25) is 5.02 Å². The minimum absolute atomic E-state index is 0.731. The molecule has 0 radical (unpaired) electrons. The van der Waals surface area contributed by atoms with E-state index in [2.05, 4.69) is 27.8 Å². The molecule has 0 aliphatic carbocycles. The molecule has 0 fully saturated rings. The van der Waals surface area contributed by atoms with E-state index in [0.717, 1.165) is 20.6 Å². The van der Waals surface area contributed by atoms with Gasteiger partial charge in [-0.25, -0.2) is 0 Å². The lowest BCUT2D eigenvalue weighted by Gasteiger charge is -1.92. The molecular formula is C14H8BrCl. The first-order valence-corrected chi connectivity index (χ1v) is 5.94. The summed E-state index contributed by atoms with van der Waals surface area (Å²) in [6.07, 6.45) is 0. The standard InChI is InChI=1S/C14H8BrCl/c15-13-7-3-11(4-8-13)1-2-12-5-9-14(16)10-6-12/h3-10H. The van der Waals surface area contributed by atoms with Gasteiger partial charge in [-0.15, -0.1) is 0 Å². The smallest absolute Gasteiger partial charge is 0.0406 e. The van der Waals surface area contributed by atoms with Crippen molar-refractivity contribution in [3.05, 3.63) is 69.2 Å². The van der Waals surface area contributed by atoms with Crippen molar-refractivity contribution in [3.63, 3.8) is 0 Å². The van der Waals surface area contributed by atoms with E-state index in [1.165, 1.54) is 0 Å². The Morgan fingerprint density at radius 1 is 0.750 bits per heavy atom. The molecule has 78 valence electrons. The van der Waals surface area contributed by atoms with Gasteiger partial charge in [0.25, 0.3) is 0 Å². The van der Waals surface area contributed by atoms with Crippen LogP contribution in [-0.2, 0) is 0 Å². The van der Waals surface area contributed by atoms with E-state index in [1.54, 1.807) is 0 Å². The Balaban J connectivity index is 2.21. The van der Waals surface area contributed by atoms with Crippen molar-refractivity contribution in [3.8, 4) is 11.8 Å². The molecule has 0 saturated heterocycles. The maximum absolute atomic E-state index is 5.79. The molecule has 0 aliphatic rings. The summed E-state index contributed by atoms with van der Waals surface area (Å²) in [7, 11) is 0. The van der Waals surface area contributed by atoms with Crippen LogP contribution in [0, 0.1) is 11.8 Å². The summed E-state index contributed by atoms with van der Waals surface area (Å²) in [6.45, 7) is 0. The van der Waals surface area contributed by atoms with Crippen molar-refractivity contribution in [2.45, 2.75) is 0 Å². The maximum Gasteiger partial charge on any atom is 0.0406 e. The largest absolute Gasteiger partial charge is 0.0843 e. The summed E-state index contributed by atoms with van der Waals surface area (Å²) in [6, 6.07) is 15.4. The van der Waals surface area contributed by atoms with Crippen molar-refractivity contribution in [2.24, 2.45) is 0 Å². The first kappa shape index (κ1) is 11.3. The van der Waals surface area contributed by atoms with E-state index in [-0.39, 0.29) is 0 Å². The molecule has 0 nitrogen and oxygen atoms in total. The molecule has 0 amide bonds. The molecule has 0 spiro atoms. The second-order valence-corrected chi connectivity index (χ2v) is 4.62. The van der Waals surface area contributed by atoms with E-state index in [0.29, 0.717) is 0 Å². The number of rotatable bonds is 0. The maximum atomic E-state index is 5.79. The van der Waals surface area contributed by atoms with Gasteiger partial charge in [0, 0.05) is 20.6 Å². The van der Waals surface area contributed by atoms with E-state index in [9.17, 15) is 0 Å². The molecule has 2 heteroatoms. The van der Waals surface area contributed by atoms with Gasteiger partial charge in [-0.05, 0) is 48.5 Å². The molecule has 0 saturated carbocycles. The van der Waals surface area contributed by atoms with E-state index < -0.39 is 0 Å². The third kappa shape index (κ3) is 3.13. The summed E-state index contributed by atoms with van der Waals surface area (Å²) >= 11 is 9.18. The SMILES string of the molecule is Clc1ccc(C#Cc2ccc(Br)cc2)cc1. The summed E-state index contributed by atoms with van der Waals surface area (Å²) < 4.78 is 1.06. The zero-order valence-electron chi connectivity index (χ0n) is 8.37. The van der Waals surface area contributed by atoms with Crippen LogP contribution < -0.4 is 0 Å². The van der Waals surface area contributed by atoms with Crippen molar-refractivity contribution >= 4 is 27.5 Å². The Bertz CT molecular complexity index is 480. The van der Waals surface area contributed by atoms with Crippen LogP contribution in [0.3, 0.4) is 0 Å². The molecule has 2 aromatic rings. The Morgan fingerprint density at radius 2 is 1.19 bits per heavy atom. The van der Waals surface area contributed by atoms with E-state index in [4.69, 9.17) is 11.6 Å². The Kier molecular flexibility index (Phi) is 3.66. The fourth-order valence-corrected chi connectivity index (χ4v) is 1.60. The van der Waals surface area contributed by atoms with Crippen molar-refractivity contribution < 1.29 is 0 Å². The first-order valence-electron chi connectivity index (χ1n) is 4.77. The Labute approximate surface area is 108 Å². The van der Waals surface area contributed by atoms with E-state index in [1.807, 2.05) is 48.5 Å². The summed E-state index contributed by atoms with van der Waals surface area (Å²) in [5.41, 5.74) is 1.96. The monoisotopic (exact) mass is 290 g/mol. The topological polar surface area (TPSA) is 0 Å². The molecular weight excluding hydrogens is 284 g/mol. The first-order chi connectivity index (χ1) is 7.74. The molecule has 2 aromatic carbocycles.